The molecule has 1 aromatic heterocycles. The first-order chi connectivity index (χ1) is 14.5. The van der Waals surface area contributed by atoms with Crippen molar-refractivity contribution >= 4 is 62.5 Å². The Labute approximate surface area is 187 Å². The number of hydrogen-bond donors (Lipinski definition) is 1. The SMILES string of the molecule is COc1ccc(Cl)cc1NC(=O)[C@H](C)OC(=O)CCCSc1nc2ccccc2s1. The largest absolute Gasteiger partial charge is 0.495 e. The van der Waals surface area contributed by atoms with E-state index < -0.39 is 18.0 Å². The van der Waals surface area contributed by atoms with Gasteiger partial charge in [-0.05, 0) is 43.7 Å². The van der Waals surface area contributed by atoms with Crippen LogP contribution in [0.25, 0.3) is 10.2 Å². The van der Waals surface area contributed by atoms with Crippen LogP contribution < -0.4 is 10.1 Å². The third kappa shape index (κ3) is 6.10. The first-order valence-electron chi connectivity index (χ1n) is 9.28. The van der Waals surface area contributed by atoms with Gasteiger partial charge in [0.25, 0.3) is 5.91 Å². The first kappa shape index (κ1) is 22.4. The Morgan fingerprint density at radius 2 is 2.07 bits per heavy atom. The summed E-state index contributed by atoms with van der Waals surface area (Å²) in [7, 11) is 1.49. The Kier molecular flexibility index (Phi) is 7.95. The fourth-order valence-electron chi connectivity index (χ4n) is 2.61. The summed E-state index contributed by atoms with van der Waals surface area (Å²) in [6.07, 6.45) is -0.0654. The van der Waals surface area contributed by atoms with E-state index in [9.17, 15) is 9.59 Å². The third-order valence-electron chi connectivity index (χ3n) is 4.12. The molecule has 0 aliphatic rings. The molecule has 0 bridgehead atoms. The van der Waals surface area contributed by atoms with Crippen LogP contribution in [-0.4, -0.2) is 35.8 Å². The van der Waals surface area contributed by atoms with E-state index in [-0.39, 0.29) is 6.42 Å². The number of methoxy groups -OCH3 is 1. The van der Waals surface area contributed by atoms with Gasteiger partial charge in [0, 0.05) is 17.2 Å². The Bertz CT molecular complexity index is 1010. The highest BCUT2D eigenvalue weighted by molar-refractivity contribution is 8.01. The first-order valence-corrected chi connectivity index (χ1v) is 11.5. The lowest BCUT2D eigenvalue weighted by molar-refractivity contribution is -0.153. The molecule has 158 valence electrons. The van der Waals surface area contributed by atoms with E-state index >= 15 is 0 Å². The van der Waals surface area contributed by atoms with Gasteiger partial charge in [-0.1, -0.05) is 35.5 Å². The smallest absolute Gasteiger partial charge is 0.306 e. The Morgan fingerprint density at radius 1 is 1.27 bits per heavy atom. The van der Waals surface area contributed by atoms with Crippen LogP contribution in [0, 0.1) is 0 Å². The highest BCUT2D eigenvalue weighted by Gasteiger charge is 2.19. The van der Waals surface area contributed by atoms with Gasteiger partial charge in [0.2, 0.25) is 0 Å². The molecule has 9 heteroatoms. The molecule has 0 unspecified atom stereocenters. The van der Waals surface area contributed by atoms with Crippen LogP contribution in [0.1, 0.15) is 19.8 Å². The van der Waals surface area contributed by atoms with Gasteiger partial charge < -0.3 is 14.8 Å². The lowest BCUT2D eigenvalue weighted by Crippen LogP contribution is -2.30. The number of nitrogens with one attached hydrogen (secondary N) is 1. The van der Waals surface area contributed by atoms with Crippen molar-refractivity contribution in [2.45, 2.75) is 30.2 Å². The number of carbonyl (C=O) groups is 2. The maximum absolute atomic E-state index is 12.3. The Morgan fingerprint density at radius 3 is 2.83 bits per heavy atom. The summed E-state index contributed by atoms with van der Waals surface area (Å²) in [4.78, 5) is 29.0. The van der Waals surface area contributed by atoms with E-state index in [2.05, 4.69) is 10.3 Å². The van der Waals surface area contributed by atoms with Crippen molar-refractivity contribution in [3.8, 4) is 5.75 Å². The zero-order chi connectivity index (χ0) is 21.5. The number of aromatic nitrogens is 1. The minimum Gasteiger partial charge on any atom is -0.495 e. The van der Waals surface area contributed by atoms with Crippen molar-refractivity contribution < 1.29 is 19.1 Å². The number of esters is 1. The highest BCUT2D eigenvalue weighted by Crippen LogP contribution is 2.30. The van der Waals surface area contributed by atoms with Gasteiger partial charge in [-0.15, -0.1) is 11.3 Å². The van der Waals surface area contributed by atoms with Crippen molar-refractivity contribution in [1.29, 1.82) is 0 Å². The number of carbonyl (C=O) groups excluding carboxylic acids is 2. The van der Waals surface area contributed by atoms with Crippen LogP contribution in [0.2, 0.25) is 5.02 Å². The molecular weight excluding hydrogens is 444 g/mol. The van der Waals surface area contributed by atoms with Crippen molar-refractivity contribution in [3.63, 3.8) is 0 Å². The van der Waals surface area contributed by atoms with Gasteiger partial charge in [0.05, 0.1) is 23.0 Å². The number of fused-ring (bicyclic) bond motifs is 1. The molecule has 0 saturated heterocycles. The van der Waals surface area contributed by atoms with Crippen molar-refractivity contribution in [1.82, 2.24) is 4.98 Å². The van der Waals surface area contributed by atoms with Gasteiger partial charge in [0.15, 0.2) is 10.4 Å². The summed E-state index contributed by atoms with van der Waals surface area (Å²) in [5.74, 6) is 0.349. The van der Waals surface area contributed by atoms with E-state index in [0.29, 0.717) is 22.9 Å². The van der Waals surface area contributed by atoms with Crippen LogP contribution in [-0.2, 0) is 14.3 Å². The quantitative estimate of drug-likeness (QED) is 0.259. The second kappa shape index (κ2) is 10.7. The van der Waals surface area contributed by atoms with Crippen LogP contribution >= 0.6 is 34.7 Å². The Balaban J connectivity index is 1.41. The number of thiazole rings is 1. The molecule has 2 aromatic carbocycles. The normalized spacial score (nSPS) is 11.8. The minimum atomic E-state index is -0.932. The van der Waals surface area contributed by atoms with Crippen molar-refractivity contribution in [2.24, 2.45) is 0 Å². The van der Waals surface area contributed by atoms with Crippen LogP contribution in [0.15, 0.2) is 46.8 Å². The molecule has 1 N–H and O–H groups in total. The molecule has 0 aliphatic carbocycles. The molecule has 1 amide bonds. The maximum Gasteiger partial charge on any atom is 0.306 e. The topological polar surface area (TPSA) is 77.5 Å². The molecular formula is C21H21ClN2O4S2. The average Bonchev–Trinajstić information content (AvgIpc) is 3.14. The maximum atomic E-state index is 12.3. The van der Waals surface area contributed by atoms with E-state index in [4.69, 9.17) is 21.1 Å². The second-order valence-electron chi connectivity index (χ2n) is 6.37. The summed E-state index contributed by atoms with van der Waals surface area (Å²) in [6.45, 7) is 1.53. The van der Waals surface area contributed by atoms with Gasteiger partial charge in [0.1, 0.15) is 5.75 Å². The molecule has 3 aromatic rings. The molecule has 0 radical (unpaired) electrons. The number of thioether (sulfide) groups is 1. The summed E-state index contributed by atoms with van der Waals surface area (Å²) in [5.41, 5.74) is 1.41. The van der Waals surface area contributed by atoms with E-state index in [1.54, 1.807) is 41.3 Å². The van der Waals surface area contributed by atoms with Crippen molar-refractivity contribution in [2.75, 3.05) is 18.2 Å². The monoisotopic (exact) mass is 464 g/mol. The molecule has 1 heterocycles. The number of para-hydroxylation sites is 1. The average molecular weight is 465 g/mol. The molecule has 1 atom stereocenters. The fraction of sp³-hybridized carbons (Fsp3) is 0.286. The predicted molar refractivity (Wildman–Crippen MR) is 122 cm³/mol. The summed E-state index contributed by atoms with van der Waals surface area (Å²) < 4.78 is 12.6. The van der Waals surface area contributed by atoms with Crippen LogP contribution in [0.3, 0.4) is 0 Å². The number of amides is 1. The van der Waals surface area contributed by atoms with Gasteiger partial charge in [-0.25, -0.2) is 4.98 Å². The molecule has 3 rings (SSSR count). The third-order valence-corrected chi connectivity index (χ3v) is 6.62. The molecule has 6 nitrogen and oxygen atoms in total. The van der Waals surface area contributed by atoms with Crippen LogP contribution in [0.5, 0.6) is 5.75 Å². The number of hydrogen-bond acceptors (Lipinski definition) is 7. The van der Waals surface area contributed by atoms with E-state index in [0.717, 1.165) is 20.3 Å². The second-order valence-corrected chi connectivity index (χ2v) is 9.17. The molecule has 0 fully saturated rings. The zero-order valence-electron chi connectivity index (χ0n) is 16.5. The van der Waals surface area contributed by atoms with E-state index in [1.165, 1.54) is 14.0 Å². The number of ether oxygens (including phenoxy) is 2. The zero-order valence-corrected chi connectivity index (χ0v) is 18.9. The number of benzene rings is 2. The number of halogens is 1. The molecule has 30 heavy (non-hydrogen) atoms. The number of nitrogens with zero attached hydrogens (tertiary/aromatic N) is 1. The molecule has 0 aliphatic heterocycles. The standard InChI is InChI=1S/C21H21ClN2O4S2/c1-13(20(26)23-16-12-14(22)9-10-17(16)27-2)28-19(25)8-5-11-29-21-24-15-6-3-4-7-18(15)30-21/h3-4,6-7,9-10,12-13H,5,8,11H2,1-2H3,(H,23,26)/t13-/m0/s1. The predicted octanol–water partition coefficient (Wildman–Crippen LogP) is 5.40. The molecule has 0 spiro atoms. The summed E-state index contributed by atoms with van der Waals surface area (Å²) >= 11 is 9.21. The lowest BCUT2D eigenvalue weighted by Gasteiger charge is -2.15. The van der Waals surface area contributed by atoms with Gasteiger partial charge in [-0.2, -0.15) is 0 Å². The lowest BCUT2D eigenvalue weighted by atomic mass is 10.2. The summed E-state index contributed by atoms with van der Waals surface area (Å²) in [5, 5.41) is 3.13. The Hall–Kier alpha value is -2.29. The van der Waals surface area contributed by atoms with Crippen LogP contribution in [0.4, 0.5) is 5.69 Å². The minimum absolute atomic E-state index is 0.232. The molecule has 0 saturated carbocycles. The summed E-state index contributed by atoms with van der Waals surface area (Å²) in [6, 6.07) is 12.9. The van der Waals surface area contributed by atoms with Crippen molar-refractivity contribution in [3.05, 3.63) is 47.5 Å². The number of anilines is 1. The highest BCUT2D eigenvalue weighted by atomic mass is 35.5. The van der Waals surface area contributed by atoms with Gasteiger partial charge in [-0.3, -0.25) is 9.59 Å². The van der Waals surface area contributed by atoms with Gasteiger partial charge >= 0.3 is 5.97 Å². The van der Waals surface area contributed by atoms with E-state index in [1.807, 2.05) is 24.3 Å². The fourth-order valence-corrected chi connectivity index (χ4v) is 4.86. The number of rotatable bonds is 9.